The number of halogens is 9. The summed E-state index contributed by atoms with van der Waals surface area (Å²) >= 11 is 50.1. The van der Waals surface area contributed by atoms with Crippen LogP contribution in [-0.2, 0) is 14.2 Å². The molecule has 452 valence electrons. The topological polar surface area (TPSA) is 367 Å². The van der Waals surface area contributed by atoms with Crippen molar-refractivity contribution in [3.05, 3.63) is 178 Å². The van der Waals surface area contributed by atoms with E-state index in [-0.39, 0.29) is 81.1 Å². The summed E-state index contributed by atoms with van der Waals surface area (Å²) in [5.41, 5.74) is 20.4. The van der Waals surface area contributed by atoms with Crippen molar-refractivity contribution in [2.45, 2.75) is 68.8 Å². The van der Waals surface area contributed by atoms with Crippen molar-refractivity contribution in [2.24, 2.45) is 11.5 Å². The maximum atomic E-state index is 11.4. The lowest BCUT2D eigenvalue weighted by Crippen LogP contribution is -2.20. The van der Waals surface area contributed by atoms with E-state index in [1.807, 2.05) is 20.8 Å². The molecule has 0 bridgehead atoms. The molecule has 8 heterocycles. The minimum atomic E-state index is -1.10. The molecule has 0 saturated carbocycles. The lowest BCUT2D eigenvalue weighted by Gasteiger charge is -2.15. The van der Waals surface area contributed by atoms with Crippen LogP contribution in [0.2, 0.25) is 41.2 Å². The highest BCUT2D eigenvalue weighted by molar-refractivity contribution is 6.69. The molecular formula is C52H51Cl9N14O10. The van der Waals surface area contributed by atoms with E-state index in [0.717, 1.165) is 11.1 Å². The van der Waals surface area contributed by atoms with Crippen molar-refractivity contribution in [1.82, 2.24) is 49.8 Å². The number of fused-ring (bicyclic) bond motifs is 2. The predicted octanol–water partition coefficient (Wildman–Crippen LogP) is 11.8. The Kier molecular flexibility index (Phi) is 31.5. The van der Waals surface area contributed by atoms with Crippen molar-refractivity contribution in [3.8, 4) is 0 Å². The zero-order chi connectivity index (χ0) is 64.6. The number of pyridine rings is 6. The Morgan fingerprint density at radius 1 is 0.541 bits per heavy atom. The number of aromatic carboxylic acids is 1. The predicted molar refractivity (Wildman–Crippen MR) is 329 cm³/mol. The van der Waals surface area contributed by atoms with E-state index in [4.69, 9.17) is 147 Å². The molecular weight excluding hydrogens is 1300 g/mol. The van der Waals surface area contributed by atoms with Crippen LogP contribution in [0.4, 0.5) is 11.6 Å². The lowest BCUT2D eigenvalue weighted by molar-refractivity contribution is -0.282. The van der Waals surface area contributed by atoms with E-state index in [2.05, 4.69) is 54.7 Å². The number of primary amides is 2. The number of H-pyrrole nitrogens is 2. The number of nitrogens with one attached hydrogen (secondary N) is 2. The number of aromatic nitrogens is 10. The van der Waals surface area contributed by atoms with Gasteiger partial charge < -0.3 is 51.3 Å². The molecule has 85 heavy (non-hydrogen) atoms. The summed E-state index contributed by atoms with van der Waals surface area (Å²) in [6.45, 7) is 24.2. The summed E-state index contributed by atoms with van der Waals surface area (Å²) in [5.74, 6) is -1.95. The van der Waals surface area contributed by atoms with Crippen LogP contribution >= 0.6 is 104 Å². The van der Waals surface area contributed by atoms with Gasteiger partial charge in [0.2, 0.25) is 0 Å². The third kappa shape index (κ3) is 23.4. The van der Waals surface area contributed by atoms with Crippen LogP contribution in [0.1, 0.15) is 95.6 Å². The molecule has 0 atom stereocenters. The molecule has 0 aromatic carbocycles. The molecule has 2 amide bonds. The van der Waals surface area contributed by atoms with Gasteiger partial charge in [0.1, 0.15) is 52.4 Å². The SMILES string of the molecule is CCOC(OCC)OCC.Cc1cc(Cl)nc(Cl)c1C(=O)Cl.Cc1cc(Cl)nc(Cl)c1C(=O)O.Cc1cc(Cl)nc(Cl)c1C(N)=O.Cc1cc(Cl)nc(N)c1C(N)=O.Cc1cc(Cl)nc2nc[nH]c(=O)c12.[C-]#[N+]c1cc(C)c2c(=O)[nH]cnc2n1. The summed E-state index contributed by atoms with van der Waals surface area (Å²) in [7, 11) is 0. The number of carbonyl (C=O) groups is 4. The van der Waals surface area contributed by atoms with E-state index in [1.54, 1.807) is 53.7 Å². The van der Waals surface area contributed by atoms with E-state index < -0.39 is 29.5 Å². The van der Waals surface area contributed by atoms with Gasteiger partial charge in [0, 0.05) is 19.8 Å². The zero-order valence-electron chi connectivity index (χ0n) is 46.1. The standard InChI is InChI=1S/C9H6N4O.C8H6ClN3O.C7H4Cl3NO.C7H6Cl2N2O.C7H5Cl2NO2.C7H8ClN3O.C7H16O3/c1-5-3-6(10-2)13-8-7(5)9(14)12-4-11-8;1-4-2-5(9)12-7-6(4)8(13)11-3-10-7;2*1-3-2-4(8)11-6(9)5(3)7(10)12;1-3-2-4(8)10-6(9)5(3)7(11)12;1-3-2-4(8)11-6(9)5(3)7(10)12;1-4-8-7(9-5-2)10-6-3/h3-4H,1H3,(H,11,12,13,14);2-3H,1H3,(H,10,11,12,13);2H,1H3;2H,1H3,(H2,10,12);2H,1H3,(H,11,12);2H,1H3,(H2,9,11)(H2,10,12);7H,4-6H2,1-3H3. The second-order valence-corrected chi connectivity index (χ2v) is 19.7. The number of hydrogen-bond acceptors (Lipinski definition) is 18. The van der Waals surface area contributed by atoms with Crippen LogP contribution < -0.4 is 28.3 Å². The number of hydrogen-bond donors (Lipinski definition) is 6. The fourth-order valence-electron chi connectivity index (χ4n) is 6.61. The molecule has 0 aliphatic rings. The van der Waals surface area contributed by atoms with Gasteiger partial charge in [-0.05, 0) is 144 Å². The number of ether oxygens (including phenoxy) is 3. The number of aryl methyl sites for hydroxylation is 6. The lowest BCUT2D eigenvalue weighted by atomic mass is 10.1. The summed E-state index contributed by atoms with van der Waals surface area (Å²) in [6.07, 6.45) is 2.60. The van der Waals surface area contributed by atoms with Crippen LogP contribution in [0.25, 0.3) is 26.9 Å². The van der Waals surface area contributed by atoms with Gasteiger partial charge in [-0.25, -0.2) is 34.7 Å². The van der Waals surface area contributed by atoms with Gasteiger partial charge in [0.25, 0.3) is 46.1 Å². The molecule has 0 radical (unpaired) electrons. The fraction of sp³-hybridized carbons (Fsp3) is 0.250. The average molecular weight is 1350 g/mol. The summed E-state index contributed by atoms with van der Waals surface area (Å²) in [4.78, 5) is 104. The normalized spacial score (nSPS) is 10.1. The van der Waals surface area contributed by atoms with E-state index in [9.17, 15) is 28.8 Å². The average Bonchev–Trinajstić information content (AvgIpc) is 3.32. The quantitative estimate of drug-likeness (QED) is 0.0320. The Morgan fingerprint density at radius 2 is 0.882 bits per heavy atom. The summed E-state index contributed by atoms with van der Waals surface area (Å²) in [5, 5.41) is 10.3. The van der Waals surface area contributed by atoms with Crippen LogP contribution in [0.15, 0.2) is 58.6 Å². The smallest absolute Gasteiger partial charge is 0.339 e. The second-order valence-electron chi connectivity index (χ2n) is 16.3. The van der Waals surface area contributed by atoms with Crippen molar-refractivity contribution in [3.63, 3.8) is 0 Å². The Hall–Kier alpha value is -6.96. The van der Waals surface area contributed by atoms with Gasteiger partial charge in [-0.15, -0.1) is 0 Å². The minimum absolute atomic E-state index is 0.000988. The van der Waals surface area contributed by atoms with Gasteiger partial charge >= 0.3 is 5.97 Å². The molecule has 0 aliphatic heterocycles. The number of carbonyl (C=O) groups excluding carboxylic acids is 3. The van der Waals surface area contributed by atoms with Gasteiger partial charge in [-0.1, -0.05) is 104 Å². The Labute approximate surface area is 529 Å². The number of anilines is 1. The van der Waals surface area contributed by atoms with Gasteiger partial charge in [-0.2, -0.15) is 4.98 Å². The number of nitrogens with two attached hydrogens (primary N) is 3. The number of nitrogens with zero attached hydrogens (tertiary/aromatic N) is 9. The van der Waals surface area contributed by atoms with E-state index in [0.29, 0.717) is 69.3 Å². The van der Waals surface area contributed by atoms with Gasteiger partial charge in [0.15, 0.2) is 5.65 Å². The first-order valence-electron chi connectivity index (χ1n) is 23.8. The number of carboxylic acid groups (broad SMARTS) is 1. The second kappa shape index (κ2) is 36.1. The largest absolute Gasteiger partial charge is 0.478 e. The summed E-state index contributed by atoms with van der Waals surface area (Å²) < 4.78 is 15.2. The summed E-state index contributed by atoms with van der Waals surface area (Å²) in [6, 6.07) is 9.28. The number of amides is 2. The molecule has 33 heteroatoms. The van der Waals surface area contributed by atoms with Crippen LogP contribution in [0.5, 0.6) is 0 Å². The molecule has 8 aromatic rings. The first-order chi connectivity index (χ1) is 39.8. The highest BCUT2D eigenvalue weighted by Gasteiger charge is 2.17. The number of aromatic amines is 2. The van der Waals surface area contributed by atoms with Gasteiger partial charge in [-0.3, -0.25) is 24.0 Å². The molecule has 24 nitrogen and oxygen atoms in total. The van der Waals surface area contributed by atoms with E-state index >= 15 is 0 Å². The Morgan fingerprint density at radius 3 is 1.24 bits per heavy atom. The van der Waals surface area contributed by atoms with Crippen molar-refractivity contribution >= 4 is 161 Å². The highest BCUT2D eigenvalue weighted by atomic mass is 35.5. The Bertz CT molecular complexity index is 3500. The molecule has 0 unspecified atom stereocenters. The number of rotatable bonds is 10. The van der Waals surface area contributed by atoms with Crippen molar-refractivity contribution in [1.29, 1.82) is 0 Å². The number of nitrogen functional groups attached to an aromatic ring is 1. The maximum Gasteiger partial charge on any atom is 0.339 e. The zero-order valence-corrected chi connectivity index (χ0v) is 52.9. The Balaban J connectivity index is 0.000000339. The van der Waals surface area contributed by atoms with E-state index in [1.165, 1.54) is 36.9 Å². The molecule has 0 saturated heterocycles. The first-order valence-corrected chi connectivity index (χ1v) is 27.2. The van der Waals surface area contributed by atoms with Crippen molar-refractivity contribution in [2.75, 3.05) is 25.6 Å². The molecule has 0 spiro atoms. The highest BCUT2D eigenvalue weighted by Crippen LogP contribution is 2.25. The maximum absolute atomic E-state index is 11.4. The fourth-order valence-corrected chi connectivity index (χ4v) is 9.25. The van der Waals surface area contributed by atoms with Crippen LogP contribution in [-0.4, -0.2) is 104 Å². The molecule has 8 aromatic heterocycles. The molecule has 0 fully saturated rings. The minimum Gasteiger partial charge on any atom is -0.478 e. The number of carboxylic acids is 1. The van der Waals surface area contributed by atoms with Crippen molar-refractivity contribution < 1.29 is 38.5 Å². The molecule has 0 aliphatic carbocycles. The molecule has 9 N–H and O–H groups in total. The first kappa shape index (κ1) is 74.1. The molecule has 8 rings (SSSR count). The van der Waals surface area contributed by atoms with Crippen LogP contribution in [0.3, 0.4) is 0 Å². The monoisotopic (exact) mass is 1350 g/mol. The van der Waals surface area contributed by atoms with Gasteiger partial charge in [0.05, 0.1) is 40.3 Å². The third-order valence-electron chi connectivity index (χ3n) is 10.1. The third-order valence-corrected chi connectivity index (χ3v) is 12.1. The van der Waals surface area contributed by atoms with Crippen LogP contribution in [0, 0.1) is 48.1 Å².